The van der Waals surface area contributed by atoms with Crippen molar-refractivity contribution in [2.45, 2.75) is 77.9 Å². The highest BCUT2D eigenvalue weighted by Gasteiger charge is 2.28. The first-order valence-electron chi connectivity index (χ1n) is 7.07. The van der Waals surface area contributed by atoms with Crippen molar-refractivity contribution < 1.29 is 4.79 Å². The molecule has 17 heavy (non-hydrogen) atoms. The summed E-state index contributed by atoms with van der Waals surface area (Å²) in [5.74, 6) is 0.343. The molecule has 2 unspecified atom stereocenters. The fourth-order valence-corrected chi connectivity index (χ4v) is 2.67. The topological polar surface area (TPSA) is 32.3 Å². The van der Waals surface area contributed by atoms with Crippen LogP contribution in [0.5, 0.6) is 0 Å². The van der Waals surface area contributed by atoms with E-state index in [0.29, 0.717) is 30.5 Å². The zero-order valence-electron chi connectivity index (χ0n) is 11.8. The highest BCUT2D eigenvalue weighted by molar-refractivity contribution is 5.76. The molecule has 1 N–H and O–H groups in total. The first kappa shape index (κ1) is 14.5. The Kier molecular flexibility index (Phi) is 5.96. The van der Waals surface area contributed by atoms with Crippen LogP contribution in [0.1, 0.15) is 59.8 Å². The Morgan fingerprint density at radius 3 is 2.41 bits per heavy atom. The average molecular weight is 240 g/mol. The number of rotatable bonds is 5. The summed E-state index contributed by atoms with van der Waals surface area (Å²) in [6, 6.07) is 1.38. The number of carbonyl (C=O) groups excluding carboxylic acids is 1. The van der Waals surface area contributed by atoms with Gasteiger partial charge >= 0.3 is 0 Å². The van der Waals surface area contributed by atoms with E-state index in [-0.39, 0.29) is 0 Å². The average Bonchev–Trinajstić information content (AvgIpc) is 2.24. The lowest BCUT2D eigenvalue weighted by Crippen LogP contribution is -2.47. The molecule has 0 radical (unpaired) electrons. The molecule has 1 rings (SSSR count). The van der Waals surface area contributed by atoms with E-state index in [0.717, 1.165) is 13.0 Å². The Bertz CT molecular complexity index is 230. The van der Waals surface area contributed by atoms with E-state index in [1.807, 2.05) is 0 Å². The van der Waals surface area contributed by atoms with Crippen molar-refractivity contribution in [3.05, 3.63) is 0 Å². The molecule has 0 aromatic carbocycles. The van der Waals surface area contributed by atoms with Crippen LogP contribution in [-0.2, 0) is 4.79 Å². The lowest BCUT2D eigenvalue weighted by atomic mass is 9.97. The van der Waals surface area contributed by atoms with Gasteiger partial charge in [0.15, 0.2) is 0 Å². The number of hydrogen-bond donors (Lipinski definition) is 1. The third kappa shape index (κ3) is 4.66. The van der Waals surface area contributed by atoms with Crippen LogP contribution >= 0.6 is 0 Å². The Balaban J connectivity index is 2.30. The van der Waals surface area contributed by atoms with Gasteiger partial charge in [-0.05, 0) is 46.1 Å². The van der Waals surface area contributed by atoms with Crippen molar-refractivity contribution >= 4 is 5.91 Å². The van der Waals surface area contributed by atoms with Gasteiger partial charge in [0.2, 0.25) is 5.91 Å². The number of piperidine rings is 1. The normalized spacial score (nSPS) is 25.4. The molecule has 0 saturated carbocycles. The fourth-order valence-electron chi connectivity index (χ4n) is 2.67. The second-order valence-electron chi connectivity index (χ2n) is 5.64. The van der Waals surface area contributed by atoms with Gasteiger partial charge in [-0.3, -0.25) is 4.79 Å². The van der Waals surface area contributed by atoms with Gasteiger partial charge in [-0.25, -0.2) is 0 Å². The monoisotopic (exact) mass is 240 g/mol. The molecule has 1 heterocycles. The van der Waals surface area contributed by atoms with E-state index in [1.54, 1.807) is 0 Å². The molecule has 0 aromatic rings. The third-order valence-corrected chi connectivity index (χ3v) is 3.60. The van der Waals surface area contributed by atoms with E-state index >= 15 is 0 Å². The van der Waals surface area contributed by atoms with Crippen molar-refractivity contribution in [2.24, 2.45) is 0 Å². The van der Waals surface area contributed by atoms with Gasteiger partial charge in [0.1, 0.15) is 0 Å². The summed E-state index contributed by atoms with van der Waals surface area (Å²) in [6.45, 7) is 9.58. The molecule has 100 valence electrons. The van der Waals surface area contributed by atoms with Gasteiger partial charge in [0.25, 0.3) is 0 Å². The number of nitrogens with one attached hydrogen (secondary N) is 1. The molecule has 1 amide bonds. The highest BCUT2D eigenvalue weighted by atomic mass is 16.2. The summed E-state index contributed by atoms with van der Waals surface area (Å²) >= 11 is 0. The lowest BCUT2D eigenvalue weighted by Gasteiger charge is -2.39. The standard InChI is InChI=1S/C14H28N2O/c1-11(2)15-10-6-9-14(17)16-12(3)7-5-8-13(16)4/h11-13,15H,5-10H2,1-4H3. The predicted molar refractivity (Wildman–Crippen MR) is 72.0 cm³/mol. The quantitative estimate of drug-likeness (QED) is 0.749. The maximum absolute atomic E-state index is 12.2. The summed E-state index contributed by atoms with van der Waals surface area (Å²) in [5.41, 5.74) is 0. The maximum Gasteiger partial charge on any atom is 0.223 e. The second-order valence-corrected chi connectivity index (χ2v) is 5.64. The Labute approximate surface area is 106 Å². The Hall–Kier alpha value is -0.570. The maximum atomic E-state index is 12.2. The number of nitrogens with zero attached hydrogens (tertiary/aromatic N) is 1. The van der Waals surface area contributed by atoms with Crippen LogP contribution in [0.2, 0.25) is 0 Å². The summed E-state index contributed by atoms with van der Waals surface area (Å²) in [4.78, 5) is 14.3. The molecule has 1 aliphatic rings. The second kappa shape index (κ2) is 7.00. The molecule has 2 atom stereocenters. The van der Waals surface area contributed by atoms with E-state index < -0.39 is 0 Å². The van der Waals surface area contributed by atoms with E-state index in [9.17, 15) is 4.79 Å². The number of amides is 1. The van der Waals surface area contributed by atoms with Crippen molar-refractivity contribution in [3.63, 3.8) is 0 Å². The molecule has 0 aliphatic carbocycles. The van der Waals surface area contributed by atoms with Crippen LogP contribution in [-0.4, -0.2) is 35.5 Å². The summed E-state index contributed by atoms with van der Waals surface area (Å²) in [5, 5.41) is 3.36. The smallest absolute Gasteiger partial charge is 0.223 e. The largest absolute Gasteiger partial charge is 0.337 e. The molecule has 0 aromatic heterocycles. The van der Waals surface area contributed by atoms with E-state index in [2.05, 4.69) is 37.9 Å². The zero-order valence-corrected chi connectivity index (χ0v) is 11.8. The summed E-state index contributed by atoms with van der Waals surface area (Å²) < 4.78 is 0. The first-order chi connectivity index (χ1) is 8.02. The molecule has 0 spiro atoms. The van der Waals surface area contributed by atoms with Gasteiger partial charge in [-0.15, -0.1) is 0 Å². The molecule has 1 fully saturated rings. The Morgan fingerprint density at radius 2 is 1.88 bits per heavy atom. The van der Waals surface area contributed by atoms with Crippen LogP contribution in [0, 0.1) is 0 Å². The number of carbonyl (C=O) groups is 1. The molecule has 3 nitrogen and oxygen atoms in total. The fraction of sp³-hybridized carbons (Fsp3) is 0.929. The van der Waals surface area contributed by atoms with Crippen LogP contribution in [0.3, 0.4) is 0 Å². The lowest BCUT2D eigenvalue weighted by molar-refractivity contribution is -0.137. The van der Waals surface area contributed by atoms with Crippen molar-refractivity contribution in [2.75, 3.05) is 6.54 Å². The van der Waals surface area contributed by atoms with Crippen LogP contribution in [0.4, 0.5) is 0 Å². The third-order valence-electron chi connectivity index (χ3n) is 3.60. The SMILES string of the molecule is CC(C)NCCCC(=O)N1C(C)CCCC1C. The van der Waals surface area contributed by atoms with Crippen molar-refractivity contribution in [3.8, 4) is 0 Å². The summed E-state index contributed by atoms with van der Waals surface area (Å²) in [7, 11) is 0. The zero-order chi connectivity index (χ0) is 12.8. The van der Waals surface area contributed by atoms with Gasteiger partial charge in [-0.1, -0.05) is 13.8 Å². The molecule has 1 saturated heterocycles. The molecule has 3 heteroatoms. The Morgan fingerprint density at radius 1 is 1.29 bits per heavy atom. The van der Waals surface area contributed by atoms with Crippen molar-refractivity contribution in [1.29, 1.82) is 0 Å². The predicted octanol–water partition coefficient (Wildman–Crippen LogP) is 2.55. The number of hydrogen-bond acceptors (Lipinski definition) is 2. The number of likely N-dealkylation sites (tertiary alicyclic amines) is 1. The van der Waals surface area contributed by atoms with E-state index in [4.69, 9.17) is 0 Å². The van der Waals surface area contributed by atoms with Gasteiger partial charge in [0, 0.05) is 24.5 Å². The van der Waals surface area contributed by atoms with Crippen LogP contribution < -0.4 is 5.32 Å². The van der Waals surface area contributed by atoms with Gasteiger partial charge in [0.05, 0.1) is 0 Å². The molecule has 0 bridgehead atoms. The first-order valence-corrected chi connectivity index (χ1v) is 7.07. The minimum atomic E-state index is 0.343. The van der Waals surface area contributed by atoms with Crippen molar-refractivity contribution in [1.82, 2.24) is 10.2 Å². The molecular formula is C14H28N2O. The molecule has 1 aliphatic heterocycles. The van der Waals surface area contributed by atoms with Crippen LogP contribution in [0.15, 0.2) is 0 Å². The highest BCUT2D eigenvalue weighted by Crippen LogP contribution is 2.23. The van der Waals surface area contributed by atoms with E-state index in [1.165, 1.54) is 19.3 Å². The van der Waals surface area contributed by atoms with Gasteiger partial charge in [-0.2, -0.15) is 0 Å². The van der Waals surface area contributed by atoms with Gasteiger partial charge < -0.3 is 10.2 Å². The minimum absolute atomic E-state index is 0.343. The minimum Gasteiger partial charge on any atom is -0.337 e. The van der Waals surface area contributed by atoms with Crippen LogP contribution in [0.25, 0.3) is 0 Å². The summed E-state index contributed by atoms with van der Waals surface area (Å²) in [6.07, 6.45) is 5.24. The molecular weight excluding hydrogens is 212 g/mol.